The van der Waals surface area contributed by atoms with Gasteiger partial charge in [-0.2, -0.15) is 0 Å². The largest absolute Gasteiger partial charge is 0.344 e. The number of alkyl halides is 1. The van der Waals surface area contributed by atoms with Gasteiger partial charge < -0.3 is 4.90 Å². The SMILES string of the molecule is CN(CC1CC(Cl)C1)C(=O)C(C)(C)S(C)(=O)=O. The average molecular weight is 282 g/mol. The van der Waals surface area contributed by atoms with Crippen LogP contribution in [0.2, 0.25) is 0 Å². The fourth-order valence-electron chi connectivity index (χ4n) is 1.89. The number of amides is 1. The van der Waals surface area contributed by atoms with Gasteiger partial charge in [0.05, 0.1) is 0 Å². The lowest BCUT2D eigenvalue weighted by atomic mass is 9.84. The summed E-state index contributed by atoms with van der Waals surface area (Å²) in [6.45, 7) is 3.49. The van der Waals surface area contributed by atoms with Gasteiger partial charge in [-0.3, -0.25) is 4.79 Å². The maximum Gasteiger partial charge on any atom is 0.243 e. The predicted octanol–water partition coefficient (Wildman–Crippen LogP) is 1.29. The van der Waals surface area contributed by atoms with Gasteiger partial charge in [0.25, 0.3) is 0 Å². The van der Waals surface area contributed by atoms with Crippen molar-refractivity contribution in [2.75, 3.05) is 19.8 Å². The quantitative estimate of drug-likeness (QED) is 0.730. The van der Waals surface area contributed by atoms with Gasteiger partial charge in [0.15, 0.2) is 9.84 Å². The van der Waals surface area contributed by atoms with Gasteiger partial charge in [-0.25, -0.2) is 8.42 Å². The van der Waals surface area contributed by atoms with Crippen LogP contribution in [0.15, 0.2) is 0 Å². The van der Waals surface area contributed by atoms with Crippen LogP contribution in [0.4, 0.5) is 0 Å². The molecule has 0 N–H and O–H groups in total. The number of hydrogen-bond acceptors (Lipinski definition) is 3. The average Bonchev–Trinajstić information content (AvgIpc) is 2.12. The Morgan fingerprint density at radius 3 is 2.24 bits per heavy atom. The minimum Gasteiger partial charge on any atom is -0.344 e. The normalized spacial score (nSPS) is 25.2. The zero-order chi connectivity index (χ0) is 13.4. The summed E-state index contributed by atoms with van der Waals surface area (Å²) in [6, 6.07) is 0. The van der Waals surface area contributed by atoms with Crippen LogP contribution in [0.25, 0.3) is 0 Å². The van der Waals surface area contributed by atoms with Gasteiger partial charge >= 0.3 is 0 Å². The Balaban J connectivity index is 2.64. The molecule has 0 unspecified atom stereocenters. The van der Waals surface area contributed by atoms with Gasteiger partial charge in [-0.05, 0) is 32.6 Å². The Morgan fingerprint density at radius 1 is 1.41 bits per heavy atom. The molecule has 0 bridgehead atoms. The van der Waals surface area contributed by atoms with Crippen molar-refractivity contribution >= 4 is 27.3 Å². The molecule has 0 radical (unpaired) electrons. The Hall–Kier alpha value is -0.290. The molecule has 0 aromatic heterocycles. The molecule has 0 aliphatic heterocycles. The molecule has 1 fully saturated rings. The molecule has 1 saturated carbocycles. The van der Waals surface area contributed by atoms with E-state index in [1.807, 2.05) is 0 Å². The van der Waals surface area contributed by atoms with Gasteiger partial charge in [0.2, 0.25) is 5.91 Å². The van der Waals surface area contributed by atoms with E-state index in [1.54, 1.807) is 7.05 Å². The summed E-state index contributed by atoms with van der Waals surface area (Å²) < 4.78 is 21.7. The zero-order valence-electron chi connectivity index (χ0n) is 10.7. The van der Waals surface area contributed by atoms with Crippen molar-refractivity contribution in [3.05, 3.63) is 0 Å². The molecule has 0 heterocycles. The second kappa shape index (κ2) is 4.76. The third-order valence-corrected chi connectivity index (χ3v) is 5.88. The van der Waals surface area contributed by atoms with E-state index in [9.17, 15) is 13.2 Å². The van der Waals surface area contributed by atoms with Crippen molar-refractivity contribution < 1.29 is 13.2 Å². The van der Waals surface area contributed by atoms with Crippen molar-refractivity contribution in [3.8, 4) is 0 Å². The predicted molar refractivity (Wildman–Crippen MR) is 68.9 cm³/mol. The lowest BCUT2D eigenvalue weighted by Gasteiger charge is -2.36. The first-order valence-corrected chi connectivity index (χ1v) is 7.97. The maximum atomic E-state index is 12.1. The van der Waals surface area contributed by atoms with Crippen LogP contribution in [0, 0.1) is 5.92 Å². The highest BCUT2D eigenvalue weighted by Crippen LogP contribution is 2.32. The topological polar surface area (TPSA) is 54.5 Å². The van der Waals surface area contributed by atoms with Gasteiger partial charge in [-0.1, -0.05) is 0 Å². The molecule has 6 heteroatoms. The Labute approximate surface area is 108 Å². The number of hydrogen-bond donors (Lipinski definition) is 0. The summed E-state index contributed by atoms with van der Waals surface area (Å²) in [5.74, 6) is 0.0554. The van der Waals surface area contributed by atoms with Crippen LogP contribution < -0.4 is 0 Å². The van der Waals surface area contributed by atoms with E-state index in [-0.39, 0.29) is 11.3 Å². The summed E-state index contributed by atoms with van der Waals surface area (Å²) in [5.41, 5.74) is 0. The molecular weight excluding hydrogens is 262 g/mol. The fourth-order valence-corrected chi connectivity index (χ4v) is 2.87. The highest BCUT2D eigenvalue weighted by Gasteiger charge is 2.41. The maximum absolute atomic E-state index is 12.1. The molecule has 0 aromatic carbocycles. The lowest BCUT2D eigenvalue weighted by Crippen LogP contribution is -2.50. The molecule has 0 spiro atoms. The monoisotopic (exact) mass is 281 g/mol. The van der Waals surface area contributed by atoms with Crippen molar-refractivity contribution in [1.82, 2.24) is 4.90 Å². The number of nitrogens with zero attached hydrogens (tertiary/aromatic N) is 1. The first-order valence-electron chi connectivity index (χ1n) is 5.65. The second-order valence-electron chi connectivity index (χ2n) is 5.40. The second-order valence-corrected chi connectivity index (χ2v) is 8.59. The van der Waals surface area contributed by atoms with Crippen LogP contribution in [-0.4, -0.2) is 49.2 Å². The van der Waals surface area contributed by atoms with Crippen LogP contribution in [0.1, 0.15) is 26.7 Å². The minimum atomic E-state index is -3.40. The third-order valence-electron chi connectivity index (χ3n) is 3.50. The molecule has 0 aromatic rings. The Bertz CT molecular complexity index is 399. The van der Waals surface area contributed by atoms with Crippen molar-refractivity contribution in [2.24, 2.45) is 5.92 Å². The molecule has 0 atom stereocenters. The van der Waals surface area contributed by atoms with Crippen LogP contribution in [0.5, 0.6) is 0 Å². The van der Waals surface area contributed by atoms with E-state index in [0.717, 1.165) is 19.1 Å². The molecule has 1 aliphatic rings. The Morgan fingerprint density at radius 2 is 1.88 bits per heavy atom. The van der Waals surface area contributed by atoms with E-state index in [0.29, 0.717) is 12.5 Å². The van der Waals surface area contributed by atoms with E-state index in [4.69, 9.17) is 11.6 Å². The Kier molecular flexibility index (Phi) is 4.14. The van der Waals surface area contributed by atoms with Gasteiger partial charge in [0, 0.05) is 25.2 Å². The highest BCUT2D eigenvalue weighted by atomic mass is 35.5. The van der Waals surface area contributed by atoms with E-state index in [2.05, 4.69) is 0 Å². The summed E-state index contributed by atoms with van der Waals surface area (Å²) in [6.07, 6.45) is 2.90. The highest BCUT2D eigenvalue weighted by molar-refractivity contribution is 7.92. The number of sulfone groups is 1. The number of carbonyl (C=O) groups is 1. The number of carbonyl (C=O) groups excluding carboxylic acids is 1. The minimum absolute atomic E-state index is 0.214. The number of halogens is 1. The van der Waals surface area contributed by atoms with E-state index >= 15 is 0 Å². The molecular formula is C11H20ClNO3S. The first-order chi connectivity index (χ1) is 7.55. The molecule has 1 aliphatic carbocycles. The summed E-state index contributed by atoms with van der Waals surface area (Å²) in [5, 5.41) is 0.214. The number of rotatable bonds is 4. The zero-order valence-corrected chi connectivity index (χ0v) is 12.3. The van der Waals surface area contributed by atoms with Crippen LogP contribution in [0.3, 0.4) is 0 Å². The molecule has 1 amide bonds. The summed E-state index contributed by atoms with van der Waals surface area (Å²) >= 11 is 5.87. The standard InChI is InChI=1S/C11H20ClNO3S/c1-11(2,17(4,15)16)10(14)13(3)7-8-5-9(12)6-8/h8-9H,5-7H2,1-4H3. The van der Waals surface area contributed by atoms with Gasteiger partial charge in [-0.15, -0.1) is 11.6 Å². The van der Waals surface area contributed by atoms with Crippen LogP contribution in [-0.2, 0) is 14.6 Å². The van der Waals surface area contributed by atoms with Crippen molar-refractivity contribution in [3.63, 3.8) is 0 Å². The molecule has 4 nitrogen and oxygen atoms in total. The van der Waals surface area contributed by atoms with Crippen LogP contribution >= 0.6 is 11.6 Å². The molecule has 0 saturated heterocycles. The van der Waals surface area contributed by atoms with Gasteiger partial charge in [0.1, 0.15) is 4.75 Å². The third kappa shape index (κ3) is 3.13. The van der Waals surface area contributed by atoms with E-state index < -0.39 is 14.6 Å². The molecule has 1 rings (SSSR count). The smallest absolute Gasteiger partial charge is 0.243 e. The van der Waals surface area contributed by atoms with E-state index in [1.165, 1.54) is 18.7 Å². The van der Waals surface area contributed by atoms with Crippen molar-refractivity contribution in [1.29, 1.82) is 0 Å². The summed E-state index contributed by atoms with van der Waals surface area (Å²) in [4.78, 5) is 13.6. The fraction of sp³-hybridized carbons (Fsp3) is 0.909. The summed E-state index contributed by atoms with van der Waals surface area (Å²) in [7, 11) is -1.75. The lowest BCUT2D eigenvalue weighted by molar-refractivity contribution is -0.132. The molecule has 17 heavy (non-hydrogen) atoms. The molecule has 100 valence electrons. The first kappa shape index (κ1) is 14.8. The van der Waals surface area contributed by atoms with Crippen molar-refractivity contribution in [2.45, 2.75) is 36.8 Å².